The maximum absolute atomic E-state index is 12.7. The van der Waals surface area contributed by atoms with Gasteiger partial charge in [0.1, 0.15) is 0 Å². The average molecular weight is 366 g/mol. The third kappa shape index (κ3) is 4.53. The minimum absolute atomic E-state index is 0. The van der Waals surface area contributed by atoms with Gasteiger partial charge in [0, 0.05) is 25.2 Å². The van der Waals surface area contributed by atoms with Crippen molar-refractivity contribution in [3.05, 3.63) is 35.9 Å². The van der Waals surface area contributed by atoms with Crippen LogP contribution in [0.5, 0.6) is 0 Å². The number of hydrogen-bond donors (Lipinski definition) is 2. The first-order valence-corrected chi connectivity index (χ1v) is 8.90. The fourth-order valence-corrected chi connectivity index (χ4v) is 3.56. The molecule has 138 valence electrons. The van der Waals surface area contributed by atoms with E-state index in [-0.39, 0.29) is 35.7 Å². The topological polar surface area (TPSA) is 75.4 Å². The SMILES string of the molecule is CC(CN)(NC(=O)C1CCCN(C(=O)c2ccccc2)C1)C1CC1.Cl. The smallest absolute Gasteiger partial charge is 0.253 e. The molecule has 1 saturated heterocycles. The van der Waals surface area contributed by atoms with Crippen molar-refractivity contribution in [3.8, 4) is 0 Å². The molecule has 1 aliphatic heterocycles. The molecule has 1 saturated carbocycles. The van der Waals surface area contributed by atoms with Crippen molar-refractivity contribution >= 4 is 24.2 Å². The van der Waals surface area contributed by atoms with Gasteiger partial charge in [-0.05, 0) is 50.7 Å². The number of nitrogens with two attached hydrogens (primary N) is 1. The van der Waals surface area contributed by atoms with Crippen LogP contribution in [-0.4, -0.2) is 41.9 Å². The lowest BCUT2D eigenvalue weighted by Gasteiger charge is -2.36. The molecule has 2 fully saturated rings. The van der Waals surface area contributed by atoms with Gasteiger partial charge in [0.05, 0.1) is 11.5 Å². The van der Waals surface area contributed by atoms with Crippen LogP contribution in [0.3, 0.4) is 0 Å². The first kappa shape index (κ1) is 19.7. The van der Waals surface area contributed by atoms with Crippen molar-refractivity contribution in [2.75, 3.05) is 19.6 Å². The van der Waals surface area contributed by atoms with Crippen LogP contribution in [0.15, 0.2) is 30.3 Å². The first-order valence-electron chi connectivity index (χ1n) is 8.90. The number of carbonyl (C=O) groups excluding carboxylic acids is 2. The molecular formula is C19H28ClN3O2. The number of nitrogens with zero attached hydrogens (tertiary/aromatic N) is 1. The summed E-state index contributed by atoms with van der Waals surface area (Å²) in [6, 6.07) is 9.28. The molecule has 0 radical (unpaired) electrons. The maximum Gasteiger partial charge on any atom is 0.253 e. The molecule has 0 bridgehead atoms. The third-order valence-electron chi connectivity index (χ3n) is 5.41. The van der Waals surface area contributed by atoms with E-state index in [1.165, 1.54) is 0 Å². The van der Waals surface area contributed by atoms with E-state index in [0.717, 1.165) is 25.7 Å². The highest BCUT2D eigenvalue weighted by Gasteiger charge is 2.42. The molecule has 25 heavy (non-hydrogen) atoms. The molecule has 3 N–H and O–H groups in total. The van der Waals surface area contributed by atoms with Crippen LogP contribution in [-0.2, 0) is 4.79 Å². The summed E-state index contributed by atoms with van der Waals surface area (Å²) in [4.78, 5) is 27.1. The van der Waals surface area contributed by atoms with Gasteiger partial charge in [-0.1, -0.05) is 18.2 Å². The van der Waals surface area contributed by atoms with Crippen LogP contribution in [0.2, 0.25) is 0 Å². The summed E-state index contributed by atoms with van der Waals surface area (Å²) < 4.78 is 0. The fourth-order valence-electron chi connectivity index (χ4n) is 3.56. The number of piperidine rings is 1. The second-order valence-corrected chi connectivity index (χ2v) is 7.34. The van der Waals surface area contributed by atoms with Gasteiger partial charge in [0.2, 0.25) is 5.91 Å². The summed E-state index contributed by atoms with van der Waals surface area (Å²) in [6.07, 6.45) is 3.96. The number of halogens is 1. The summed E-state index contributed by atoms with van der Waals surface area (Å²) in [6.45, 7) is 3.71. The Bertz CT molecular complexity index is 606. The second kappa shape index (κ2) is 8.19. The van der Waals surface area contributed by atoms with Crippen LogP contribution in [0.4, 0.5) is 0 Å². The molecule has 1 heterocycles. The molecular weight excluding hydrogens is 338 g/mol. The highest BCUT2D eigenvalue weighted by molar-refractivity contribution is 5.94. The number of carbonyl (C=O) groups is 2. The van der Waals surface area contributed by atoms with Crippen LogP contribution in [0.1, 0.15) is 43.0 Å². The van der Waals surface area contributed by atoms with E-state index in [9.17, 15) is 9.59 Å². The molecule has 0 spiro atoms. The van der Waals surface area contributed by atoms with E-state index in [0.29, 0.717) is 31.1 Å². The highest BCUT2D eigenvalue weighted by Crippen LogP contribution is 2.39. The van der Waals surface area contributed by atoms with Gasteiger partial charge in [-0.3, -0.25) is 9.59 Å². The molecule has 5 nitrogen and oxygen atoms in total. The van der Waals surface area contributed by atoms with Gasteiger partial charge in [0.15, 0.2) is 0 Å². The Kier molecular flexibility index (Phi) is 6.47. The summed E-state index contributed by atoms with van der Waals surface area (Å²) in [7, 11) is 0. The summed E-state index contributed by atoms with van der Waals surface area (Å²) in [5.74, 6) is 0.408. The Morgan fingerprint density at radius 3 is 2.52 bits per heavy atom. The van der Waals surface area contributed by atoms with Gasteiger partial charge < -0.3 is 16.0 Å². The molecule has 0 aromatic heterocycles. The minimum atomic E-state index is -0.303. The quantitative estimate of drug-likeness (QED) is 0.839. The van der Waals surface area contributed by atoms with E-state index in [4.69, 9.17) is 5.73 Å². The zero-order valence-corrected chi connectivity index (χ0v) is 15.6. The van der Waals surface area contributed by atoms with E-state index < -0.39 is 0 Å². The summed E-state index contributed by atoms with van der Waals surface area (Å²) in [5, 5.41) is 3.17. The zero-order chi connectivity index (χ0) is 17.2. The number of nitrogens with one attached hydrogen (secondary N) is 1. The molecule has 2 amide bonds. The van der Waals surface area contributed by atoms with E-state index in [1.807, 2.05) is 37.3 Å². The molecule has 2 unspecified atom stereocenters. The number of benzene rings is 1. The fraction of sp³-hybridized carbons (Fsp3) is 0.579. The first-order chi connectivity index (χ1) is 11.5. The standard InChI is InChI=1S/C19H27N3O2.ClH/c1-19(13-20,16-9-10-16)21-17(23)15-8-5-11-22(12-15)18(24)14-6-3-2-4-7-14;/h2-4,6-7,15-16H,5,8-13,20H2,1H3,(H,21,23);1H. The molecule has 1 aliphatic carbocycles. The zero-order valence-electron chi connectivity index (χ0n) is 14.7. The Hall–Kier alpha value is -1.59. The van der Waals surface area contributed by atoms with Gasteiger partial charge in [0.25, 0.3) is 5.91 Å². The van der Waals surface area contributed by atoms with Crippen molar-refractivity contribution in [2.24, 2.45) is 17.6 Å². The third-order valence-corrected chi connectivity index (χ3v) is 5.41. The molecule has 6 heteroatoms. The van der Waals surface area contributed by atoms with Gasteiger partial charge in [-0.25, -0.2) is 0 Å². The van der Waals surface area contributed by atoms with E-state index in [2.05, 4.69) is 5.32 Å². The van der Waals surface area contributed by atoms with Crippen molar-refractivity contribution in [3.63, 3.8) is 0 Å². The van der Waals surface area contributed by atoms with Crippen LogP contribution >= 0.6 is 12.4 Å². The highest BCUT2D eigenvalue weighted by atomic mass is 35.5. The predicted octanol–water partition coefficient (Wildman–Crippen LogP) is 2.20. The largest absolute Gasteiger partial charge is 0.349 e. The summed E-state index contributed by atoms with van der Waals surface area (Å²) in [5.41, 5.74) is 6.28. The molecule has 1 aromatic rings. The van der Waals surface area contributed by atoms with Gasteiger partial charge >= 0.3 is 0 Å². The molecule has 1 aromatic carbocycles. The normalized spacial score (nSPS) is 22.5. The lowest BCUT2D eigenvalue weighted by molar-refractivity contribution is -0.128. The number of amides is 2. The Morgan fingerprint density at radius 1 is 1.24 bits per heavy atom. The van der Waals surface area contributed by atoms with Crippen molar-refractivity contribution in [1.82, 2.24) is 10.2 Å². The van der Waals surface area contributed by atoms with Crippen LogP contribution in [0.25, 0.3) is 0 Å². The summed E-state index contributed by atoms with van der Waals surface area (Å²) >= 11 is 0. The molecule has 2 aliphatic rings. The van der Waals surface area contributed by atoms with E-state index in [1.54, 1.807) is 4.90 Å². The van der Waals surface area contributed by atoms with Gasteiger partial charge in [-0.15, -0.1) is 12.4 Å². The van der Waals surface area contributed by atoms with Crippen molar-refractivity contribution in [1.29, 1.82) is 0 Å². The number of likely N-dealkylation sites (tertiary alicyclic amines) is 1. The lowest BCUT2D eigenvalue weighted by atomic mass is 9.91. The van der Waals surface area contributed by atoms with E-state index >= 15 is 0 Å². The van der Waals surface area contributed by atoms with Gasteiger partial charge in [-0.2, -0.15) is 0 Å². The second-order valence-electron chi connectivity index (χ2n) is 7.34. The lowest BCUT2D eigenvalue weighted by Crippen LogP contribution is -2.56. The Morgan fingerprint density at radius 2 is 1.92 bits per heavy atom. The molecule has 2 atom stereocenters. The van der Waals surface area contributed by atoms with Crippen LogP contribution < -0.4 is 11.1 Å². The maximum atomic E-state index is 12.7. The number of rotatable bonds is 5. The monoisotopic (exact) mass is 365 g/mol. The average Bonchev–Trinajstić information content (AvgIpc) is 3.47. The van der Waals surface area contributed by atoms with Crippen molar-refractivity contribution in [2.45, 2.75) is 38.1 Å². The Balaban J connectivity index is 0.00000225. The minimum Gasteiger partial charge on any atom is -0.349 e. The number of hydrogen-bond acceptors (Lipinski definition) is 3. The predicted molar refractivity (Wildman–Crippen MR) is 101 cm³/mol. The molecule has 3 rings (SSSR count). The van der Waals surface area contributed by atoms with Crippen molar-refractivity contribution < 1.29 is 9.59 Å². The van der Waals surface area contributed by atoms with Crippen LogP contribution in [0, 0.1) is 11.8 Å². The Labute approximate surface area is 155 Å².